The minimum Gasteiger partial charge on any atom is -0.489 e. The van der Waals surface area contributed by atoms with Gasteiger partial charge in [0.1, 0.15) is 17.6 Å². The largest absolute Gasteiger partial charge is 0.489 e. The zero-order valence-corrected chi connectivity index (χ0v) is 16.0. The molecule has 2 aromatic carbocycles. The lowest BCUT2D eigenvalue weighted by molar-refractivity contribution is -0.138. The summed E-state index contributed by atoms with van der Waals surface area (Å²) in [7, 11) is 0. The first-order chi connectivity index (χ1) is 14.3. The fourth-order valence-electron chi connectivity index (χ4n) is 2.38. The molecule has 1 saturated heterocycles. The summed E-state index contributed by atoms with van der Waals surface area (Å²) >= 11 is 0.993. The molecular formula is C19H14F3N3O4S. The van der Waals surface area contributed by atoms with Crippen molar-refractivity contribution in [2.45, 2.75) is 18.3 Å². The van der Waals surface area contributed by atoms with Gasteiger partial charge in [-0.1, -0.05) is 36.0 Å². The van der Waals surface area contributed by atoms with E-state index in [1.54, 1.807) is 24.3 Å². The standard InChI is InChI=1S/C19H14F3N3O4S/c20-13-5-12(6-14(21)17(13)22)29-9-11-3-1-10(2-4-11)8-23-25-19-24-18(28)15(30-19)7-16(26)27/h1-6,8,15H,7,9H2,(H,26,27)(H,24,25,28). The van der Waals surface area contributed by atoms with Crippen LogP contribution in [0.25, 0.3) is 0 Å². The van der Waals surface area contributed by atoms with Gasteiger partial charge in [-0.05, 0) is 11.1 Å². The number of nitrogens with zero attached hydrogens (tertiary/aromatic N) is 2. The van der Waals surface area contributed by atoms with Crippen LogP contribution in [0.3, 0.4) is 0 Å². The Kier molecular flexibility index (Phi) is 6.72. The third-order valence-electron chi connectivity index (χ3n) is 3.83. The third kappa shape index (κ3) is 5.60. The number of halogens is 3. The van der Waals surface area contributed by atoms with Crippen LogP contribution in [0.4, 0.5) is 13.2 Å². The average Bonchev–Trinajstić information content (AvgIpc) is 3.04. The number of amides is 1. The fraction of sp³-hybridized carbons (Fsp3) is 0.158. The molecule has 0 bridgehead atoms. The highest BCUT2D eigenvalue weighted by atomic mass is 32.2. The lowest BCUT2D eigenvalue weighted by Crippen LogP contribution is -2.26. The van der Waals surface area contributed by atoms with Gasteiger partial charge in [0.05, 0.1) is 12.6 Å². The van der Waals surface area contributed by atoms with Crippen LogP contribution in [0.2, 0.25) is 0 Å². The third-order valence-corrected chi connectivity index (χ3v) is 4.91. The van der Waals surface area contributed by atoms with Gasteiger partial charge in [0.2, 0.25) is 5.91 Å². The number of carbonyl (C=O) groups is 2. The van der Waals surface area contributed by atoms with Crippen molar-refractivity contribution in [2.75, 3.05) is 0 Å². The first kappa shape index (κ1) is 21.4. The Morgan fingerprint density at radius 2 is 1.87 bits per heavy atom. The molecule has 1 unspecified atom stereocenters. The minimum atomic E-state index is -1.55. The van der Waals surface area contributed by atoms with Gasteiger partial charge in [-0.15, -0.1) is 5.10 Å². The molecule has 0 saturated carbocycles. The Balaban J connectivity index is 1.54. The van der Waals surface area contributed by atoms with Crippen LogP contribution in [-0.2, 0) is 16.2 Å². The molecule has 0 spiro atoms. The number of aliphatic carboxylic acids is 1. The Hall–Kier alpha value is -3.34. The van der Waals surface area contributed by atoms with E-state index in [9.17, 15) is 22.8 Å². The van der Waals surface area contributed by atoms with E-state index in [-0.39, 0.29) is 23.9 Å². The van der Waals surface area contributed by atoms with Gasteiger partial charge in [0, 0.05) is 12.1 Å². The van der Waals surface area contributed by atoms with Crippen LogP contribution in [-0.4, -0.2) is 33.6 Å². The molecule has 2 N–H and O–H groups in total. The maximum atomic E-state index is 13.2. The van der Waals surface area contributed by atoms with Crippen molar-refractivity contribution >= 4 is 35.0 Å². The number of ether oxygens (including phenoxy) is 1. The van der Waals surface area contributed by atoms with E-state index in [0.717, 1.165) is 23.9 Å². The number of hydrogen-bond donors (Lipinski definition) is 2. The molecule has 1 aliphatic rings. The van der Waals surface area contributed by atoms with Crippen LogP contribution in [0.1, 0.15) is 17.5 Å². The summed E-state index contributed by atoms with van der Waals surface area (Å²) < 4.78 is 44.5. The number of benzene rings is 2. The zero-order chi connectivity index (χ0) is 21.7. The van der Waals surface area contributed by atoms with E-state index in [0.29, 0.717) is 11.1 Å². The summed E-state index contributed by atoms with van der Waals surface area (Å²) in [6.45, 7) is 0.0118. The van der Waals surface area contributed by atoms with Gasteiger partial charge in [-0.3, -0.25) is 9.59 Å². The monoisotopic (exact) mass is 437 g/mol. The molecule has 1 fully saturated rings. The number of rotatable bonds is 7. The van der Waals surface area contributed by atoms with Crippen LogP contribution < -0.4 is 10.1 Å². The fourth-order valence-corrected chi connectivity index (χ4v) is 3.29. The van der Waals surface area contributed by atoms with Crippen LogP contribution in [0.15, 0.2) is 46.6 Å². The van der Waals surface area contributed by atoms with Gasteiger partial charge in [0.15, 0.2) is 22.6 Å². The molecule has 1 aliphatic heterocycles. The Morgan fingerprint density at radius 1 is 1.20 bits per heavy atom. The second-order valence-corrected chi connectivity index (χ2v) is 7.27. The van der Waals surface area contributed by atoms with Crippen molar-refractivity contribution in [3.63, 3.8) is 0 Å². The van der Waals surface area contributed by atoms with Gasteiger partial charge >= 0.3 is 5.97 Å². The average molecular weight is 437 g/mol. The summed E-state index contributed by atoms with van der Waals surface area (Å²) in [6.07, 6.45) is 1.12. The topological polar surface area (TPSA) is 100 Å². The van der Waals surface area contributed by atoms with E-state index in [4.69, 9.17) is 9.84 Å². The van der Waals surface area contributed by atoms with Gasteiger partial charge in [0.25, 0.3) is 0 Å². The number of nitrogens with one attached hydrogen (secondary N) is 1. The first-order valence-electron chi connectivity index (χ1n) is 8.48. The van der Waals surface area contributed by atoms with Crippen LogP contribution in [0.5, 0.6) is 5.75 Å². The Labute approximate surface area is 172 Å². The number of hydrogen-bond acceptors (Lipinski definition) is 6. The summed E-state index contributed by atoms with van der Waals surface area (Å²) in [5, 5.41) is 18.4. The summed E-state index contributed by atoms with van der Waals surface area (Å²) in [6, 6.07) is 8.31. The number of carbonyl (C=O) groups excluding carboxylic acids is 1. The summed E-state index contributed by atoms with van der Waals surface area (Å²) in [4.78, 5) is 22.3. The van der Waals surface area contributed by atoms with Crippen LogP contribution >= 0.6 is 11.8 Å². The van der Waals surface area contributed by atoms with Crippen molar-refractivity contribution in [1.29, 1.82) is 0 Å². The lowest BCUT2D eigenvalue weighted by Gasteiger charge is -2.07. The van der Waals surface area contributed by atoms with E-state index in [1.165, 1.54) is 6.21 Å². The molecule has 1 heterocycles. The maximum Gasteiger partial charge on any atom is 0.305 e. The quantitative estimate of drug-likeness (QED) is 0.394. The van der Waals surface area contributed by atoms with E-state index in [1.807, 2.05) is 0 Å². The van der Waals surface area contributed by atoms with Crippen molar-refractivity contribution in [2.24, 2.45) is 10.2 Å². The predicted octanol–water partition coefficient (Wildman–Crippen LogP) is 3.08. The smallest absolute Gasteiger partial charge is 0.305 e. The molecule has 7 nitrogen and oxygen atoms in total. The van der Waals surface area contributed by atoms with Gasteiger partial charge in [-0.2, -0.15) is 5.10 Å². The molecule has 1 atom stereocenters. The number of carboxylic acids is 1. The highest BCUT2D eigenvalue weighted by Crippen LogP contribution is 2.22. The molecule has 0 aliphatic carbocycles. The molecule has 30 heavy (non-hydrogen) atoms. The van der Waals surface area contributed by atoms with Crippen LogP contribution in [0, 0.1) is 17.5 Å². The highest BCUT2D eigenvalue weighted by molar-refractivity contribution is 8.15. The second-order valence-electron chi connectivity index (χ2n) is 6.07. The second kappa shape index (κ2) is 9.44. The number of amidine groups is 1. The summed E-state index contributed by atoms with van der Waals surface area (Å²) in [5.41, 5.74) is 1.37. The number of carboxylic acid groups (broad SMARTS) is 1. The lowest BCUT2D eigenvalue weighted by atomic mass is 10.1. The van der Waals surface area contributed by atoms with Gasteiger partial charge < -0.3 is 15.2 Å². The summed E-state index contributed by atoms with van der Waals surface area (Å²) in [5.74, 6) is -5.85. The molecule has 1 amide bonds. The minimum absolute atomic E-state index is 0.0118. The zero-order valence-electron chi connectivity index (χ0n) is 15.1. The molecule has 11 heteroatoms. The molecule has 0 aromatic heterocycles. The molecule has 2 aromatic rings. The highest BCUT2D eigenvalue weighted by Gasteiger charge is 2.32. The SMILES string of the molecule is O=C(O)CC1SC(=NN=Cc2ccc(COc3cc(F)c(F)c(F)c3)cc2)NC1=O. The Morgan fingerprint density at radius 3 is 2.50 bits per heavy atom. The van der Waals surface area contributed by atoms with Crippen molar-refractivity contribution in [1.82, 2.24) is 5.32 Å². The molecule has 3 rings (SSSR count). The predicted molar refractivity (Wildman–Crippen MR) is 104 cm³/mol. The maximum absolute atomic E-state index is 13.2. The Bertz CT molecular complexity index is 1010. The van der Waals surface area contributed by atoms with Crippen molar-refractivity contribution in [3.8, 4) is 5.75 Å². The molecular weight excluding hydrogens is 423 g/mol. The van der Waals surface area contributed by atoms with Crippen molar-refractivity contribution in [3.05, 3.63) is 65.0 Å². The van der Waals surface area contributed by atoms with Gasteiger partial charge in [-0.25, -0.2) is 13.2 Å². The van der Waals surface area contributed by atoms with E-state index < -0.39 is 34.6 Å². The normalized spacial score (nSPS) is 17.5. The van der Waals surface area contributed by atoms with E-state index >= 15 is 0 Å². The molecule has 156 valence electrons. The van der Waals surface area contributed by atoms with E-state index in [2.05, 4.69) is 15.5 Å². The molecule has 0 radical (unpaired) electrons. The number of thioether (sulfide) groups is 1. The first-order valence-corrected chi connectivity index (χ1v) is 9.36. The van der Waals surface area contributed by atoms with Crippen molar-refractivity contribution < 1.29 is 32.6 Å².